The van der Waals surface area contributed by atoms with E-state index in [1.54, 1.807) is 0 Å². The van der Waals surface area contributed by atoms with Crippen molar-refractivity contribution in [2.24, 2.45) is 11.0 Å². The number of carbonyl (C=O) groups excluding carboxylic acids is 1. The molecule has 1 aromatic carbocycles. The van der Waals surface area contributed by atoms with Crippen molar-refractivity contribution in [3.8, 4) is 0 Å². The Morgan fingerprint density at radius 2 is 2.05 bits per heavy atom. The first-order valence-electron chi connectivity index (χ1n) is 6.53. The van der Waals surface area contributed by atoms with Gasteiger partial charge in [0.25, 0.3) is 5.91 Å². The molecule has 0 bridgehead atoms. The molecule has 1 aliphatic carbocycles. The van der Waals surface area contributed by atoms with Crippen LogP contribution in [0.4, 0.5) is 14.5 Å². The summed E-state index contributed by atoms with van der Waals surface area (Å²) >= 11 is 0. The van der Waals surface area contributed by atoms with E-state index in [1.807, 2.05) is 0 Å². The summed E-state index contributed by atoms with van der Waals surface area (Å²) in [6.07, 6.45) is 4.68. The van der Waals surface area contributed by atoms with Gasteiger partial charge >= 0.3 is 0 Å². The second-order valence-electron chi connectivity index (χ2n) is 4.99. The predicted octanol–water partition coefficient (Wildman–Crippen LogP) is 3.25. The molecule has 1 amide bonds. The van der Waals surface area contributed by atoms with Crippen molar-refractivity contribution in [3.63, 3.8) is 0 Å². The maximum atomic E-state index is 13.7. The molecule has 0 spiro atoms. The number of carbonyl (C=O) groups is 1. The average molecular weight is 264 g/mol. The summed E-state index contributed by atoms with van der Waals surface area (Å²) in [6.45, 7) is 0. The highest BCUT2D eigenvalue weighted by molar-refractivity contribution is 6.15. The highest BCUT2D eigenvalue weighted by Crippen LogP contribution is 2.32. The first-order chi connectivity index (χ1) is 9.16. The lowest BCUT2D eigenvalue weighted by Gasteiger charge is -2.14. The molecule has 0 unspecified atom stereocenters. The van der Waals surface area contributed by atoms with Crippen LogP contribution >= 0.6 is 0 Å². The molecule has 1 aliphatic heterocycles. The fourth-order valence-corrected chi connectivity index (χ4v) is 2.71. The fourth-order valence-electron chi connectivity index (χ4n) is 2.71. The second-order valence-corrected chi connectivity index (χ2v) is 4.99. The van der Waals surface area contributed by atoms with Crippen LogP contribution in [-0.4, -0.2) is 11.6 Å². The van der Waals surface area contributed by atoms with Gasteiger partial charge in [-0.3, -0.25) is 4.79 Å². The molecule has 1 saturated carbocycles. The summed E-state index contributed by atoms with van der Waals surface area (Å²) < 4.78 is 26.6. The van der Waals surface area contributed by atoms with Gasteiger partial charge < -0.3 is 0 Å². The molecular formula is C14H14F2N2O. The largest absolute Gasteiger partial charge is 0.272 e. The van der Waals surface area contributed by atoms with Crippen LogP contribution in [0.1, 0.15) is 32.1 Å². The van der Waals surface area contributed by atoms with E-state index in [9.17, 15) is 13.6 Å². The number of hydrogen-bond acceptors (Lipinski definition) is 2. The van der Waals surface area contributed by atoms with E-state index in [1.165, 1.54) is 6.07 Å². The molecule has 0 radical (unpaired) electrons. The van der Waals surface area contributed by atoms with Gasteiger partial charge in [-0.1, -0.05) is 12.8 Å². The lowest BCUT2D eigenvalue weighted by molar-refractivity contribution is -0.119. The van der Waals surface area contributed by atoms with Crippen molar-refractivity contribution in [3.05, 3.63) is 29.8 Å². The van der Waals surface area contributed by atoms with E-state index in [0.29, 0.717) is 0 Å². The monoisotopic (exact) mass is 264 g/mol. The molecule has 1 atom stereocenters. The molecule has 100 valence electrons. The van der Waals surface area contributed by atoms with Crippen molar-refractivity contribution in [1.29, 1.82) is 0 Å². The van der Waals surface area contributed by atoms with E-state index >= 15 is 0 Å². The summed E-state index contributed by atoms with van der Waals surface area (Å²) in [7, 11) is 0. The Hall–Kier alpha value is -1.78. The Labute approximate surface area is 109 Å². The van der Waals surface area contributed by atoms with Gasteiger partial charge in [-0.2, -0.15) is 10.1 Å². The minimum Gasteiger partial charge on any atom is -0.272 e. The third-order valence-corrected chi connectivity index (χ3v) is 3.70. The molecule has 1 heterocycles. The van der Waals surface area contributed by atoms with E-state index in [4.69, 9.17) is 0 Å². The molecular weight excluding hydrogens is 250 g/mol. The molecule has 1 fully saturated rings. The molecule has 1 aromatic rings. The zero-order valence-corrected chi connectivity index (χ0v) is 10.4. The molecule has 5 heteroatoms. The molecule has 19 heavy (non-hydrogen) atoms. The standard InChI is InChI=1S/C14H14F2N2O/c15-9-6-7-13(11(16)8-9)18-14(19)10-4-2-1-3-5-12(10)17-18/h6-8,10H,1-5H2/t10-/m1/s1. The van der Waals surface area contributed by atoms with Crippen LogP contribution in [0.15, 0.2) is 23.3 Å². The Balaban J connectivity index is 1.95. The summed E-state index contributed by atoms with van der Waals surface area (Å²) in [5, 5.41) is 5.35. The number of rotatable bonds is 1. The molecule has 3 nitrogen and oxygen atoms in total. The highest BCUT2D eigenvalue weighted by atomic mass is 19.1. The van der Waals surface area contributed by atoms with Crippen LogP contribution in [0.5, 0.6) is 0 Å². The van der Waals surface area contributed by atoms with E-state index in [0.717, 1.165) is 55.0 Å². The van der Waals surface area contributed by atoms with E-state index in [-0.39, 0.29) is 17.5 Å². The van der Waals surface area contributed by atoms with Gasteiger partial charge in [-0.25, -0.2) is 8.78 Å². The lowest BCUT2D eigenvalue weighted by Crippen LogP contribution is -2.27. The van der Waals surface area contributed by atoms with Crippen LogP contribution in [0, 0.1) is 17.6 Å². The smallest absolute Gasteiger partial charge is 0.256 e. The van der Waals surface area contributed by atoms with Gasteiger partial charge in [0.2, 0.25) is 0 Å². The van der Waals surface area contributed by atoms with Gasteiger partial charge in [-0.05, 0) is 31.4 Å². The third-order valence-electron chi connectivity index (χ3n) is 3.70. The molecule has 3 rings (SSSR count). The molecule has 0 N–H and O–H groups in total. The van der Waals surface area contributed by atoms with Crippen molar-refractivity contribution in [2.75, 3.05) is 5.01 Å². The summed E-state index contributed by atoms with van der Waals surface area (Å²) in [5.74, 6) is -1.82. The number of nitrogens with zero attached hydrogens (tertiary/aromatic N) is 2. The van der Waals surface area contributed by atoms with Crippen LogP contribution in [0.25, 0.3) is 0 Å². The molecule has 0 aromatic heterocycles. The number of fused-ring (bicyclic) bond motifs is 1. The Bertz CT molecular complexity index is 556. The summed E-state index contributed by atoms with van der Waals surface area (Å²) in [5.41, 5.74) is 0.873. The van der Waals surface area contributed by atoms with Crippen LogP contribution in [0.2, 0.25) is 0 Å². The Kier molecular flexibility index (Phi) is 3.05. The lowest BCUT2D eigenvalue weighted by atomic mass is 9.98. The Morgan fingerprint density at radius 3 is 2.84 bits per heavy atom. The zero-order valence-electron chi connectivity index (χ0n) is 10.4. The maximum Gasteiger partial charge on any atom is 0.256 e. The predicted molar refractivity (Wildman–Crippen MR) is 67.9 cm³/mol. The van der Waals surface area contributed by atoms with Gasteiger partial charge in [0.15, 0.2) is 5.82 Å². The first-order valence-corrected chi connectivity index (χ1v) is 6.53. The number of anilines is 1. The van der Waals surface area contributed by atoms with E-state index in [2.05, 4.69) is 5.10 Å². The fraction of sp³-hybridized carbons (Fsp3) is 0.429. The topological polar surface area (TPSA) is 32.7 Å². The van der Waals surface area contributed by atoms with Crippen molar-refractivity contribution >= 4 is 17.3 Å². The summed E-state index contributed by atoms with van der Waals surface area (Å²) in [6, 6.07) is 3.18. The minimum absolute atomic E-state index is 0.0342. The molecule has 2 aliphatic rings. The number of benzene rings is 1. The summed E-state index contributed by atoms with van der Waals surface area (Å²) in [4.78, 5) is 12.3. The van der Waals surface area contributed by atoms with Crippen LogP contribution < -0.4 is 5.01 Å². The van der Waals surface area contributed by atoms with Crippen LogP contribution in [-0.2, 0) is 4.79 Å². The SMILES string of the molecule is O=C1[C@@H]2CCCCCC2=NN1c1ccc(F)cc1F. The maximum absolute atomic E-state index is 13.7. The van der Waals surface area contributed by atoms with Gasteiger partial charge in [0.1, 0.15) is 11.5 Å². The van der Waals surface area contributed by atoms with Crippen molar-refractivity contribution < 1.29 is 13.6 Å². The number of halogens is 2. The highest BCUT2D eigenvalue weighted by Gasteiger charge is 2.37. The number of hydrogen-bond donors (Lipinski definition) is 0. The van der Waals surface area contributed by atoms with E-state index < -0.39 is 11.6 Å². The van der Waals surface area contributed by atoms with Gasteiger partial charge in [0.05, 0.1) is 11.6 Å². The average Bonchev–Trinajstić information content (AvgIpc) is 2.57. The van der Waals surface area contributed by atoms with Gasteiger partial charge in [0, 0.05) is 6.07 Å². The minimum atomic E-state index is -0.755. The van der Waals surface area contributed by atoms with Crippen LogP contribution in [0.3, 0.4) is 0 Å². The van der Waals surface area contributed by atoms with Gasteiger partial charge in [-0.15, -0.1) is 0 Å². The van der Waals surface area contributed by atoms with Crippen molar-refractivity contribution in [2.45, 2.75) is 32.1 Å². The normalized spacial score (nSPS) is 23.1. The molecule has 0 saturated heterocycles. The zero-order chi connectivity index (χ0) is 13.4. The first kappa shape index (κ1) is 12.3. The quantitative estimate of drug-likeness (QED) is 0.766. The van der Waals surface area contributed by atoms with Crippen molar-refractivity contribution in [1.82, 2.24) is 0 Å². The number of amides is 1. The third kappa shape index (κ3) is 2.13. The second kappa shape index (κ2) is 4.72. The Morgan fingerprint density at radius 1 is 1.21 bits per heavy atom. The number of hydrazone groups is 1.